The van der Waals surface area contributed by atoms with Crippen molar-refractivity contribution in [3.63, 3.8) is 0 Å². The number of hydrogen-bond donors (Lipinski definition) is 0. The van der Waals surface area contributed by atoms with Crippen molar-refractivity contribution in [3.05, 3.63) is 71.5 Å². The van der Waals surface area contributed by atoms with Crippen LogP contribution < -0.4 is 0 Å². The Balaban J connectivity index is 1.22. The normalized spacial score (nSPS) is 20.6. The lowest BCUT2D eigenvalue weighted by atomic mass is 10.0. The molecule has 2 saturated heterocycles. The van der Waals surface area contributed by atoms with Gasteiger partial charge in [-0.15, -0.1) is 0 Å². The minimum absolute atomic E-state index is 0.143. The first kappa shape index (κ1) is 21.0. The van der Waals surface area contributed by atoms with E-state index in [0.29, 0.717) is 25.1 Å². The predicted octanol–water partition coefficient (Wildman–Crippen LogP) is 4.04. The average molecular weight is 411 g/mol. The molecule has 5 heteroatoms. The van der Waals surface area contributed by atoms with Crippen molar-refractivity contribution in [2.45, 2.75) is 50.8 Å². The van der Waals surface area contributed by atoms with Gasteiger partial charge in [-0.1, -0.05) is 42.5 Å². The van der Waals surface area contributed by atoms with Crippen LogP contribution in [0, 0.1) is 5.82 Å². The fraction of sp³-hybridized carbons (Fsp3) is 0.480. The van der Waals surface area contributed by atoms with E-state index in [1.54, 1.807) is 12.1 Å². The van der Waals surface area contributed by atoms with Crippen LogP contribution in [-0.2, 0) is 22.6 Å². The van der Waals surface area contributed by atoms with Crippen LogP contribution in [0.15, 0.2) is 54.6 Å². The van der Waals surface area contributed by atoms with E-state index < -0.39 is 0 Å². The Morgan fingerprint density at radius 3 is 2.40 bits per heavy atom. The number of piperidine rings is 1. The number of hydrogen-bond acceptors (Lipinski definition) is 3. The maximum atomic E-state index is 13.1. The monoisotopic (exact) mass is 410 g/mol. The molecule has 1 amide bonds. The van der Waals surface area contributed by atoms with Gasteiger partial charge >= 0.3 is 0 Å². The topological polar surface area (TPSA) is 32.8 Å². The van der Waals surface area contributed by atoms with Crippen LogP contribution in [-0.4, -0.2) is 54.0 Å². The number of carbonyl (C=O) groups is 1. The highest BCUT2D eigenvalue weighted by Crippen LogP contribution is 2.26. The molecule has 0 aliphatic carbocycles. The average Bonchev–Trinajstić information content (AvgIpc) is 3.25. The minimum atomic E-state index is -0.264. The molecule has 4 nitrogen and oxygen atoms in total. The molecule has 0 bridgehead atoms. The molecular weight excluding hydrogens is 379 g/mol. The van der Waals surface area contributed by atoms with E-state index in [4.69, 9.17) is 4.74 Å². The summed E-state index contributed by atoms with van der Waals surface area (Å²) in [6, 6.07) is 17.6. The Bertz CT molecular complexity index is 804. The maximum absolute atomic E-state index is 13.1. The lowest BCUT2D eigenvalue weighted by molar-refractivity contribution is -0.132. The van der Waals surface area contributed by atoms with Crippen molar-refractivity contribution < 1.29 is 13.9 Å². The van der Waals surface area contributed by atoms with Crippen LogP contribution in [0.25, 0.3) is 0 Å². The van der Waals surface area contributed by atoms with Crippen LogP contribution >= 0.6 is 0 Å². The van der Waals surface area contributed by atoms with Crippen LogP contribution in [0.3, 0.4) is 0 Å². The largest absolute Gasteiger partial charge is 0.375 e. The van der Waals surface area contributed by atoms with Crippen LogP contribution in [0.2, 0.25) is 0 Å². The number of halogens is 1. The Kier molecular flexibility index (Phi) is 7.13. The third kappa shape index (κ3) is 5.46. The van der Waals surface area contributed by atoms with E-state index in [1.165, 1.54) is 30.5 Å². The van der Waals surface area contributed by atoms with Gasteiger partial charge in [0.1, 0.15) is 5.82 Å². The second-order valence-electron chi connectivity index (χ2n) is 8.45. The number of rotatable bonds is 7. The summed E-state index contributed by atoms with van der Waals surface area (Å²) in [5.41, 5.74) is 2.09. The Hall–Kier alpha value is -2.24. The van der Waals surface area contributed by atoms with Crippen molar-refractivity contribution in [1.82, 2.24) is 9.80 Å². The van der Waals surface area contributed by atoms with Gasteiger partial charge in [-0.25, -0.2) is 4.39 Å². The number of nitrogens with zero attached hydrogens (tertiary/aromatic N) is 2. The van der Waals surface area contributed by atoms with Crippen molar-refractivity contribution in [2.75, 3.05) is 26.2 Å². The van der Waals surface area contributed by atoms with E-state index in [0.717, 1.165) is 44.6 Å². The summed E-state index contributed by atoms with van der Waals surface area (Å²) in [6.07, 6.45) is 4.81. The van der Waals surface area contributed by atoms with E-state index in [2.05, 4.69) is 17.0 Å². The van der Waals surface area contributed by atoms with Crippen molar-refractivity contribution in [1.29, 1.82) is 0 Å². The number of carbonyl (C=O) groups excluding carboxylic acids is 1. The highest BCUT2D eigenvalue weighted by molar-refractivity contribution is 5.78. The molecule has 1 atom stereocenters. The molecule has 0 N–H and O–H groups in total. The molecule has 2 heterocycles. The summed E-state index contributed by atoms with van der Waals surface area (Å²) < 4.78 is 19.1. The number of ether oxygens (including phenoxy) is 1. The van der Waals surface area contributed by atoms with Gasteiger partial charge in [0.2, 0.25) is 5.91 Å². The van der Waals surface area contributed by atoms with Gasteiger partial charge in [-0.3, -0.25) is 9.69 Å². The van der Waals surface area contributed by atoms with Crippen LogP contribution in [0.4, 0.5) is 4.39 Å². The molecule has 4 rings (SSSR count). The first-order valence-corrected chi connectivity index (χ1v) is 11.1. The minimum Gasteiger partial charge on any atom is -0.375 e. The van der Waals surface area contributed by atoms with Crippen LogP contribution in [0.5, 0.6) is 0 Å². The molecule has 30 heavy (non-hydrogen) atoms. The second-order valence-corrected chi connectivity index (χ2v) is 8.45. The number of amides is 1. The molecule has 0 radical (unpaired) electrons. The zero-order valence-electron chi connectivity index (χ0n) is 17.5. The molecule has 2 aromatic rings. The predicted molar refractivity (Wildman–Crippen MR) is 116 cm³/mol. The van der Waals surface area contributed by atoms with Crippen molar-refractivity contribution in [2.24, 2.45) is 0 Å². The molecule has 2 aromatic carbocycles. The van der Waals surface area contributed by atoms with Gasteiger partial charge in [-0.05, 0) is 55.5 Å². The van der Waals surface area contributed by atoms with E-state index in [-0.39, 0.29) is 11.7 Å². The summed E-state index contributed by atoms with van der Waals surface area (Å²) in [5.74, 6) is -0.121. The first-order chi connectivity index (χ1) is 14.7. The highest BCUT2D eigenvalue weighted by atomic mass is 19.1. The van der Waals surface area contributed by atoms with Crippen LogP contribution in [0.1, 0.15) is 36.8 Å². The first-order valence-electron chi connectivity index (χ1n) is 11.1. The lowest BCUT2D eigenvalue weighted by Gasteiger charge is -2.39. The van der Waals surface area contributed by atoms with Gasteiger partial charge in [0.25, 0.3) is 0 Å². The third-order valence-electron chi connectivity index (χ3n) is 6.40. The van der Waals surface area contributed by atoms with Gasteiger partial charge in [0.05, 0.1) is 19.6 Å². The van der Waals surface area contributed by atoms with Gasteiger partial charge in [0.15, 0.2) is 0 Å². The summed E-state index contributed by atoms with van der Waals surface area (Å²) in [6.45, 7) is 4.19. The Morgan fingerprint density at radius 1 is 0.933 bits per heavy atom. The van der Waals surface area contributed by atoms with E-state index >= 15 is 0 Å². The summed E-state index contributed by atoms with van der Waals surface area (Å²) in [5, 5.41) is 0. The molecule has 2 aliphatic heterocycles. The summed E-state index contributed by atoms with van der Waals surface area (Å²) >= 11 is 0. The zero-order chi connectivity index (χ0) is 20.8. The smallest absolute Gasteiger partial charge is 0.226 e. The fourth-order valence-electron chi connectivity index (χ4n) is 4.74. The molecule has 2 aliphatic rings. The molecule has 0 unspecified atom stereocenters. The lowest BCUT2D eigenvalue weighted by Crippen LogP contribution is -2.49. The maximum Gasteiger partial charge on any atom is 0.226 e. The SMILES string of the molecule is O=C(Cc1ccc(F)cc1)N1CCC(N2CCC[C@H]2COCc2ccccc2)CC1. The molecule has 0 spiro atoms. The molecule has 0 aromatic heterocycles. The highest BCUT2D eigenvalue weighted by Gasteiger charge is 2.33. The summed E-state index contributed by atoms with van der Waals surface area (Å²) in [7, 11) is 0. The van der Waals surface area contributed by atoms with E-state index in [9.17, 15) is 9.18 Å². The van der Waals surface area contributed by atoms with E-state index in [1.807, 2.05) is 23.1 Å². The molecular formula is C25H31FN2O2. The zero-order valence-corrected chi connectivity index (χ0v) is 17.5. The number of likely N-dealkylation sites (tertiary alicyclic amines) is 2. The van der Waals surface area contributed by atoms with Crippen molar-refractivity contribution >= 4 is 5.91 Å². The Labute approximate surface area is 178 Å². The summed E-state index contributed by atoms with van der Waals surface area (Å²) in [4.78, 5) is 17.2. The fourth-order valence-corrected chi connectivity index (χ4v) is 4.74. The standard InChI is InChI=1S/C25H31FN2O2/c26-22-10-8-20(9-11-22)17-25(29)27-15-12-23(13-16-27)28-14-4-7-24(28)19-30-18-21-5-2-1-3-6-21/h1-3,5-6,8-11,23-24H,4,7,12-19H2/t24-/m0/s1. The van der Waals surface area contributed by atoms with Gasteiger partial charge < -0.3 is 9.64 Å². The Morgan fingerprint density at radius 2 is 1.67 bits per heavy atom. The van der Waals surface area contributed by atoms with Gasteiger partial charge in [-0.2, -0.15) is 0 Å². The molecule has 2 fully saturated rings. The third-order valence-corrected chi connectivity index (χ3v) is 6.40. The molecule has 160 valence electrons. The quantitative estimate of drug-likeness (QED) is 0.691. The van der Waals surface area contributed by atoms with Gasteiger partial charge in [0, 0.05) is 25.2 Å². The second kappa shape index (κ2) is 10.2. The van der Waals surface area contributed by atoms with Crippen molar-refractivity contribution in [3.8, 4) is 0 Å². The molecule has 0 saturated carbocycles. The number of benzene rings is 2.